The number of nitrogens with zero attached hydrogens (tertiary/aromatic N) is 1. The molecule has 1 aliphatic rings. The summed E-state index contributed by atoms with van der Waals surface area (Å²) in [5.74, 6) is -1.39. The van der Waals surface area contributed by atoms with Crippen molar-refractivity contribution in [3.63, 3.8) is 0 Å². The Kier molecular flexibility index (Phi) is 4.09. The zero-order valence-corrected chi connectivity index (χ0v) is 8.97. The smallest absolute Gasteiger partial charge is 0.318 e. The van der Waals surface area contributed by atoms with Gasteiger partial charge in [-0.05, 0) is 19.4 Å². The van der Waals surface area contributed by atoms with E-state index >= 15 is 0 Å². The summed E-state index contributed by atoms with van der Waals surface area (Å²) in [6.07, 6.45) is 7.48. The van der Waals surface area contributed by atoms with Gasteiger partial charge in [-0.1, -0.05) is 12.2 Å². The van der Waals surface area contributed by atoms with Gasteiger partial charge in [-0.25, -0.2) is 0 Å². The molecule has 4 heteroatoms. The van der Waals surface area contributed by atoms with Crippen LogP contribution in [-0.4, -0.2) is 30.4 Å². The molecule has 1 unspecified atom stereocenters. The molecule has 1 amide bonds. The lowest BCUT2D eigenvalue weighted by molar-refractivity contribution is -0.152. The quantitative estimate of drug-likeness (QED) is 0.505. The number of allylic oxidation sites excluding steroid dienone is 3. The van der Waals surface area contributed by atoms with Crippen LogP contribution in [0, 0.1) is 5.92 Å². The Labute approximate surface area is 89.2 Å². The van der Waals surface area contributed by atoms with Crippen molar-refractivity contribution in [1.29, 1.82) is 0 Å². The van der Waals surface area contributed by atoms with Crippen LogP contribution in [0.2, 0.25) is 0 Å². The van der Waals surface area contributed by atoms with Crippen LogP contribution in [0.5, 0.6) is 0 Å². The minimum absolute atomic E-state index is 0.204. The van der Waals surface area contributed by atoms with Crippen LogP contribution in [0.25, 0.3) is 0 Å². The molecule has 1 rings (SSSR count). The van der Waals surface area contributed by atoms with E-state index in [2.05, 4.69) is 4.74 Å². The molecule has 0 aliphatic carbocycles. The van der Waals surface area contributed by atoms with Gasteiger partial charge in [-0.2, -0.15) is 0 Å². The number of esters is 1. The molecule has 0 N–H and O–H groups in total. The predicted molar refractivity (Wildman–Crippen MR) is 55.8 cm³/mol. The normalized spacial score (nSPS) is 25.3. The molecule has 0 saturated heterocycles. The summed E-state index contributed by atoms with van der Waals surface area (Å²) < 4.78 is 4.60. The van der Waals surface area contributed by atoms with E-state index in [1.165, 1.54) is 12.0 Å². The molecule has 1 aliphatic heterocycles. The lowest BCUT2D eigenvalue weighted by Gasteiger charge is -2.21. The Balaban J connectivity index is 2.88. The second-order valence-corrected chi connectivity index (χ2v) is 3.21. The minimum atomic E-state index is -0.712. The average molecular weight is 209 g/mol. The molecule has 1 heterocycles. The lowest BCUT2D eigenvalue weighted by Crippen LogP contribution is -2.37. The van der Waals surface area contributed by atoms with E-state index in [0.717, 1.165) is 0 Å². The molecule has 82 valence electrons. The van der Waals surface area contributed by atoms with Gasteiger partial charge in [-0.15, -0.1) is 0 Å². The maximum atomic E-state index is 11.9. The van der Waals surface area contributed by atoms with Gasteiger partial charge in [0, 0.05) is 12.7 Å². The van der Waals surface area contributed by atoms with Crippen molar-refractivity contribution in [3.8, 4) is 0 Å². The fraction of sp³-hybridized carbons (Fsp3) is 0.455. The van der Waals surface area contributed by atoms with Crippen molar-refractivity contribution in [3.05, 3.63) is 24.4 Å². The van der Waals surface area contributed by atoms with E-state index in [1.54, 1.807) is 18.4 Å². The van der Waals surface area contributed by atoms with Crippen LogP contribution in [0.4, 0.5) is 0 Å². The summed E-state index contributed by atoms with van der Waals surface area (Å²) in [5.41, 5.74) is 0. The first-order valence-corrected chi connectivity index (χ1v) is 4.92. The summed E-state index contributed by atoms with van der Waals surface area (Å²) >= 11 is 0. The highest BCUT2D eigenvalue weighted by atomic mass is 16.5. The van der Waals surface area contributed by atoms with Gasteiger partial charge in [-0.3, -0.25) is 9.59 Å². The highest BCUT2D eigenvalue weighted by Crippen LogP contribution is 2.13. The van der Waals surface area contributed by atoms with Crippen molar-refractivity contribution >= 4 is 11.9 Å². The van der Waals surface area contributed by atoms with Crippen LogP contribution < -0.4 is 0 Å². The Morgan fingerprint density at radius 2 is 2.33 bits per heavy atom. The minimum Gasteiger partial charge on any atom is -0.468 e. The van der Waals surface area contributed by atoms with Crippen molar-refractivity contribution in [2.75, 3.05) is 13.7 Å². The molecule has 0 fully saturated rings. The van der Waals surface area contributed by atoms with E-state index < -0.39 is 11.9 Å². The van der Waals surface area contributed by atoms with Crippen molar-refractivity contribution in [1.82, 2.24) is 4.90 Å². The molecule has 0 radical (unpaired) electrons. The third kappa shape index (κ3) is 2.68. The van der Waals surface area contributed by atoms with Gasteiger partial charge in [0.1, 0.15) is 5.92 Å². The lowest BCUT2D eigenvalue weighted by atomic mass is 10.0. The fourth-order valence-electron chi connectivity index (χ4n) is 1.42. The number of ether oxygens (including phenoxy) is 1. The highest BCUT2D eigenvalue weighted by Gasteiger charge is 2.29. The van der Waals surface area contributed by atoms with E-state index in [9.17, 15) is 9.59 Å². The number of carbonyl (C=O) groups excluding carboxylic acids is 2. The SMILES string of the molecule is CCN1/C=C\C=C/CC(C(=O)OC)C1=O. The number of hydrogen-bond donors (Lipinski definition) is 0. The number of methoxy groups -OCH3 is 1. The number of carbonyl (C=O) groups is 2. The van der Waals surface area contributed by atoms with E-state index in [-0.39, 0.29) is 5.91 Å². The fourth-order valence-corrected chi connectivity index (χ4v) is 1.42. The van der Waals surface area contributed by atoms with Gasteiger partial charge >= 0.3 is 5.97 Å². The third-order valence-electron chi connectivity index (χ3n) is 2.29. The topological polar surface area (TPSA) is 46.6 Å². The van der Waals surface area contributed by atoms with Gasteiger partial charge in [0.15, 0.2) is 0 Å². The highest BCUT2D eigenvalue weighted by molar-refractivity contribution is 5.98. The Hall–Kier alpha value is -1.58. The van der Waals surface area contributed by atoms with Crippen molar-refractivity contribution < 1.29 is 14.3 Å². The Bertz CT molecular complexity index is 307. The second kappa shape index (κ2) is 5.34. The number of amides is 1. The summed E-state index contributed by atoms with van der Waals surface area (Å²) in [6, 6.07) is 0. The summed E-state index contributed by atoms with van der Waals surface area (Å²) in [7, 11) is 1.30. The standard InChI is InChI=1S/C11H15NO3/c1-3-12-8-6-4-5-7-9(10(12)13)11(14)15-2/h4-6,8-9H,3,7H2,1-2H3/b5-4-,8-6-. The molecular formula is C11H15NO3. The van der Waals surface area contributed by atoms with Crippen LogP contribution in [-0.2, 0) is 14.3 Å². The van der Waals surface area contributed by atoms with Crippen LogP contribution >= 0.6 is 0 Å². The first kappa shape index (κ1) is 11.5. The van der Waals surface area contributed by atoms with Crippen molar-refractivity contribution in [2.45, 2.75) is 13.3 Å². The molecule has 1 atom stereocenters. The van der Waals surface area contributed by atoms with Crippen LogP contribution in [0.3, 0.4) is 0 Å². The zero-order chi connectivity index (χ0) is 11.3. The maximum Gasteiger partial charge on any atom is 0.318 e. The van der Waals surface area contributed by atoms with Gasteiger partial charge in [0.2, 0.25) is 5.91 Å². The van der Waals surface area contributed by atoms with Crippen molar-refractivity contribution in [2.24, 2.45) is 5.92 Å². The molecule has 0 aromatic carbocycles. The molecule has 0 aromatic heterocycles. The molecule has 0 spiro atoms. The Morgan fingerprint density at radius 3 is 2.93 bits per heavy atom. The molecule has 0 aromatic rings. The van der Waals surface area contributed by atoms with Gasteiger partial charge in [0.25, 0.3) is 0 Å². The largest absolute Gasteiger partial charge is 0.468 e. The van der Waals surface area contributed by atoms with Gasteiger partial charge in [0.05, 0.1) is 7.11 Å². The van der Waals surface area contributed by atoms with Crippen LogP contribution in [0.15, 0.2) is 24.4 Å². The average Bonchev–Trinajstić information content (AvgIpc) is 2.24. The second-order valence-electron chi connectivity index (χ2n) is 3.21. The predicted octanol–water partition coefficient (Wildman–Crippen LogP) is 1.10. The zero-order valence-electron chi connectivity index (χ0n) is 8.97. The number of rotatable bonds is 2. The van der Waals surface area contributed by atoms with E-state index in [4.69, 9.17) is 0 Å². The molecule has 0 saturated carbocycles. The first-order valence-electron chi connectivity index (χ1n) is 4.92. The first-order chi connectivity index (χ1) is 7.20. The van der Waals surface area contributed by atoms with E-state index in [1.807, 2.05) is 13.0 Å². The van der Waals surface area contributed by atoms with Gasteiger partial charge < -0.3 is 9.64 Å². The number of hydrogen-bond acceptors (Lipinski definition) is 3. The maximum absolute atomic E-state index is 11.9. The monoisotopic (exact) mass is 209 g/mol. The van der Waals surface area contributed by atoms with E-state index in [0.29, 0.717) is 13.0 Å². The summed E-state index contributed by atoms with van der Waals surface area (Å²) in [5, 5.41) is 0. The molecule has 15 heavy (non-hydrogen) atoms. The Morgan fingerprint density at radius 1 is 1.60 bits per heavy atom. The summed E-state index contributed by atoms with van der Waals surface area (Å²) in [4.78, 5) is 24.8. The third-order valence-corrected chi connectivity index (χ3v) is 2.29. The summed E-state index contributed by atoms with van der Waals surface area (Å²) in [6.45, 7) is 2.42. The molecular weight excluding hydrogens is 194 g/mol. The van der Waals surface area contributed by atoms with Crippen LogP contribution in [0.1, 0.15) is 13.3 Å². The molecule has 0 bridgehead atoms. The molecule has 4 nitrogen and oxygen atoms in total.